The van der Waals surface area contributed by atoms with E-state index in [1.165, 1.54) is 0 Å². The van der Waals surface area contributed by atoms with Gasteiger partial charge in [0.2, 0.25) is 11.8 Å². The van der Waals surface area contributed by atoms with Crippen LogP contribution >= 0.6 is 0 Å². The highest BCUT2D eigenvalue weighted by Gasteiger charge is 2.35. The van der Waals surface area contributed by atoms with Crippen LogP contribution in [0.2, 0.25) is 0 Å². The lowest BCUT2D eigenvalue weighted by atomic mass is 9.97. The summed E-state index contributed by atoms with van der Waals surface area (Å²) < 4.78 is 0. The van der Waals surface area contributed by atoms with E-state index in [1.54, 1.807) is 4.90 Å². The Morgan fingerprint density at radius 1 is 1.32 bits per heavy atom. The Morgan fingerprint density at radius 2 is 2.00 bits per heavy atom. The van der Waals surface area contributed by atoms with E-state index in [0.29, 0.717) is 13.0 Å². The third-order valence-electron chi connectivity index (χ3n) is 3.60. The van der Waals surface area contributed by atoms with Gasteiger partial charge < -0.3 is 16.4 Å². The minimum atomic E-state index is -0.481. The summed E-state index contributed by atoms with van der Waals surface area (Å²) in [5.41, 5.74) is 12.0. The van der Waals surface area contributed by atoms with Crippen molar-refractivity contribution in [2.24, 2.45) is 11.5 Å². The van der Waals surface area contributed by atoms with Gasteiger partial charge in [-0.2, -0.15) is 0 Å². The highest BCUT2D eigenvalue weighted by molar-refractivity contribution is 5.90. The first-order valence-electron chi connectivity index (χ1n) is 6.50. The number of amides is 2. The zero-order valence-corrected chi connectivity index (χ0v) is 10.8. The van der Waals surface area contributed by atoms with Gasteiger partial charge in [-0.25, -0.2) is 0 Å². The summed E-state index contributed by atoms with van der Waals surface area (Å²) in [5.74, 6) is -0.939. The largest absolute Gasteiger partial charge is 0.368 e. The van der Waals surface area contributed by atoms with Crippen molar-refractivity contribution >= 4 is 11.8 Å². The van der Waals surface area contributed by atoms with Crippen molar-refractivity contribution in [2.45, 2.75) is 24.8 Å². The van der Waals surface area contributed by atoms with Crippen molar-refractivity contribution < 1.29 is 9.59 Å². The van der Waals surface area contributed by atoms with Gasteiger partial charge in [-0.15, -0.1) is 0 Å². The fraction of sp³-hybridized carbons (Fsp3) is 0.429. The smallest absolute Gasteiger partial charge is 0.240 e. The number of benzene rings is 1. The molecule has 1 aliphatic rings. The van der Waals surface area contributed by atoms with E-state index in [-0.39, 0.29) is 12.5 Å². The Bertz CT molecular complexity index is 461. The van der Waals surface area contributed by atoms with Crippen LogP contribution in [0.1, 0.15) is 24.3 Å². The number of nitrogens with zero attached hydrogens (tertiary/aromatic N) is 1. The molecule has 2 rings (SSSR count). The van der Waals surface area contributed by atoms with Gasteiger partial charge in [0.05, 0.1) is 5.92 Å². The summed E-state index contributed by atoms with van der Waals surface area (Å²) in [6, 6.07) is 8.92. The van der Waals surface area contributed by atoms with Gasteiger partial charge in [0.25, 0.3) is 0 Å². The van der Waals surface area contributed by atoms with Crippen LogP contribution in [-0.2, 0) is 9.59 Å². The number of carbonyl (C=O) groups excluding carboxylic acids is 2. The molecule has 0 radical (unpaired) electrons. The van der Waals surface area contributed by atoms with Gasteiger partial charge in [-0.1, -0.05) is 30.3 Å². The minimum absolute atomic E-state index is 0.102. The summed E-state index contributed by atoms with van der Waals surface area (Å²) >= 11 is 0. The van der Waals surface area contributed by atoms with Crippen LogP contribution in [-0.4, -0.2) is 35.8 Å². The first kappa shape index (κ1) is 13.5. The van der Waals surface area contributed by atoms with E-state index in [4.69, 9.17) is 11.5 Å². The first-order valence-corrected chi connectivity index (χ1v) is 6.50. The number of hydrogen-bond donors (Lipinski definition) is 2. The Labute approximate surface area is 112 Å². The van der Waals surface area contributed by atoms with Crippen molar-refractivity contribution in [2.75, 3.05) is 13.1 Å². The average molecular weight is 261 g/mol. The zero-order chi connectivity index (χ0) is 13.8. The molecule has 5 nitrogen and oxygen atoms in total. The van der Waals surface area contributed by atoms with Crippen molar-refractivity contribution in [3.8, 4) is 0 Å². The van der Waals surface area contributed by atoms with E-state index in [2.05, 4.69) is 0 Å². The molecule has 1 aromatic carbocycles. The Balaban J connectivity index is 2.19. The highest BCUT2D eigenvalue weighted by Crippen LogP contribution is 2.24. The predicted molar refractivity (Wildman–Crippen MR) is 72.2 cm³/mol. The zero-order valence-electron chi connectivity index (χ0n) is 10.8. The summed E-state index contributed by atoms with van der Waals surface area (Å²) in [4.78, 5) is 25.5. The highest BCUT2D eigenvalue weighted by atomic mass is 16.2. The molecular formula is C14H19N3O2. The Morgan fingerprint density at radius 3 is 2.58 bits per heavy atom. The number of rotatable bonds is 4. The van der Waals surface area contributed by atoms with Crippen LogP contribution in [0.15, 0.2) is 30.3 Å². The molecule has 2 unspecified atom stereocenters. The molecule has 1 aliphatic heterocycles. The molecule has 2 atom stereocenters. The van der Waals surface area contributed by atoms with Crippen molar-refractivity contribution in [1.29, 1.82) is 0 Å². The molecule has 1 fully saturated rings. The second-order valence-electron chi connectivity index (χ2n) is 4.79. The lowest BCUT2D eigenvalue weighted by molar-refractivity contribution is -0.138. The van der Waals surface area contributed by atoms with Gasteiger partial charge >= 0.3 is 0 Å². The summed E-state index contributed by atoms with van der Waals surface area (Å²) in [7, 11) is 0. The van der Waals surface area contributed by atoms with Crippen molar-refractivity contribution in [3.05, 3.63) is 35.9 Å². The maximum Gasteiger partial charge on any atom is 0.240 e. The van der Waals surface area contributed by atoms with E-state index < -0.39 is 17.9 Å². The van der Waals surface area contributed by atoms with E-state index >= 15 is 0 Å². The topological polar surface area (TPSA) is 89.4 Å². The van der Waals surface area contributed by atoms with Crippen LogP contribution < -0.4 is 11.5 Å². The number of likely N-dealkylation sites (tertiary alicyclic amines) is 1. The second kappa shape index (κ2) is 5.84. The molecule has 19 heavy (non-hydrogen) atoms. The molecule has 1 heterocycles. The van der Waals surface area contributed by atoms with E-state index in [0.717, 1.165) is 12.0 Å². The molecule has 1 saturated heterocycles. The van der Waals surface area contributed by atoms with Gasteiger partial charge in [-0.3, -0.25) is 9.59 Å². The SMILES string of the molecule is NCC(C(=O)N1CCCC1C(N)=O)c1ccccc1. The molecule has 0 aromatic heterocycles. The molecule has 0 bridgehead atoms. The molecule has 1 aromatic rings. The normalized spacial score (nSPS) is 20.3. The third kappa shape index (κ3) is 2.76. The quantitative estimate of drug-likeness (QED) is 0.811. The summed E-state index contributed by atoms with van der Waals surface area (Å²) in [6.07, 6.45) is 1.46. The summed E-state index contributed by atoms with van der Waals surface area (Å²) in [6.45, 7) is 0.806. The molecule has 5 heteroatoms. The van der Waals surface area contributed by atoms with Gasteiger partial charge in [0.15, 0.2) is 0 Å². The second-order valence-corrected chi connectivity index (χ2v) is 4.79. The lowest BCUT2D eigenvalue weighted by Crippen LogP contribution is -2.46. The molecule has 2 amide bonds. The van der Waals surface area contributed by atoms with Gasteiger partial charge in [0.1, 0.15) is 6.04 Å². The maximum absolute atomic E-state index is 12.5. The van der Waals surface area contributed by atoms with E-state index in [1.807, 2.05) is 30.3 Å². The standard InChI is InChI=1S/C14H19N3O2/c15-9-11(10-5-2-1-3-6-10)14(19)17-8-4-7-12(17)13(16)18/h1-3,5-6,11-12H,4,7-9,15H2,(H2,16,18). The fourth-order valence-corrected chi connectivity index (χ4v) is 2.59. The van der Waals surface area contributed by atoms with Crippen LogP contribution in [0.5, 0.6) is 0 Å². The van der Waals surface area contributed by atoms with Crippen LogP contribution in [0.3, 0.4) is 0 Å². The predicted octanol–water partition coefficient (Wildman–Crippen LogP) is 0.205. The number of primary amides is 1. The first-order chi connectivity index (χ1) is 9.15. The van der Waals surface area contributed by atoms with Crippen LogP contribution in [0.4, 0.5) is 0 Å². The van der Waals surface area contributed by atoms with Crippen molar-refractivity contribution in [1.82, 2.24) is 4.90 Å². The number of carbonyl (C=O) groups is 2. The Hall–Kier alpha value is -1.88. The minimum Gasteiger partial charge on any atom is -0.368 e. The van der Waals surface area contributed by atoms with Crippen molar-refractivity contribution in [3.63, 3.8) is 0 Å². The maximum atomic E-state index is 12.5. The summed E-state index contributed by atoms with van der Waals surface area (Å²) in [5, 5.41) is 0. The fourth-order valence-electron chi connectivity index (χ4n) is 2.59. The van der Waals surface area contributed by atoms with E-state index in [9.17, 15) is 9.59 Å². The Kier molecular flexibility index (Phi) is 4.16. The molecule has 102 valence electrons. The molecule has 0 saturated carbocycles. The van der Waals surface area contributed by atoms with Crippen LogP contribution in [0.25, 0.3) is 0 Å². The number of hydrogen-bond acceptors (Lipinski definition) is 3. The monoisotopic (exact) mass is 261 g/mol. The lowest BCUT2D eigenvalue weighted by Gasteiger charge is -2.26. The molecule has 4 N–H and O–H groups in total. The number of nitrogens with two attached hydrogens (primary N) is 2. The van der Waals surface area contributed by atoms with Gasteiger partial charge in [-0.05, 0) is 18.4 Å². The van der Waals surface area contributed by atoms with Gasteiger partial charge in [0, 0.05) is 13.1 Å². The van der Waals surface area contributed by atoms with Crippen LogP contribution in [0, 0.1) is 0 Å². The molecule has 0 aliphatic carbocycles. The average Bonchev–Trinajstić information content (AvgIpc) is 2.90. The molecule has 0 spiro atoms. The third-order valence-corrected chi connectivity index (χ3v) is 3.60. The molecular weight excluding hydrogens is 242 g/mol.